The van der Waals surface area contributed by atoms with Crippen LogP contribution in [0.2, 0.25) is 0 Å². The van der Waals surface area contributed by atoms with Crippen LogP contribution in [0.5, 0.6) is 5.75 Å². The summed E-state index contributed by atoms with van der Waals surface area (Å²) < 4.78 is 43.8. The molecule has 4 nitrogen and oxygen atoms in total. The molecule has 134 valence electrons. The molecule has 7 heteroatoms. The molecule has 1 N–H and O–H groups in total. The average molecular weight is 345 g/mol. The maximum atomic E-state index is 12.8. The van der Waals surface area contributed by atoms with Crippen LogP contribution in [0, 0.1) is 0 Å². The van der Waals surface area contributed by atoms with Crippen LogP contribution in [0.3, 0.4) is 0 Å². The minimum Gasteiger partial charge on any atom is -0.493 e. The first-order valence-electron chi connectivity index (χ1n) is 8.15. The smallest absolute Gasteiger partial charge is 0.419 e. The number of nitrogens with zero attached hydrogens (tertiary/aromatic N) is 1. The molecule has 0 aromatic heterocycles. The number of hydrogen-bond acceptors (Lipinski definition) is 3. The molecule has 0 radical (unpaired) electrons. The van der Waals surface area contributed by atoms with Crippen molar-refractivity contribution in [1.82, 2.24) is 4.90 Å². The van der Waals surface area contributed by atoms with Crippen LogP contribution >= 0.6 is 0 Å². The number of benzene rings is 1. The van der Waals surface area contributed by atoms with Crippen molar-refractivity contribution in [2.75, 3.05) is 19.7 Å². The van der Waals surface area contributed by atoms with E-state index in [9.17, 15) is 23.1 Å². The molecule has 1 aliphatic heterocycles. The molecule has 1 heterocycles. The van der Waals surface area contributed by atoms with E-state index in [4.69, 9.17) is 4.74 Å². The normalized spacial score (nSPS) is 19.2. The third-order valence-corrected chi connectivity index (χ3v) is 4.19. The van der Waals surface area contributed by atoms with E-state index < -0.39 is 23.8 Å². The topological polar surface area (TPSA) is 49.8 Å². The predicted octanol–water partition coefficient (Wildman–Crippen LogP) is 3.80. The van der Waals surface area contributed by atoms with Crippen LogP contribution in [-0.4, -0.2) is 41.7 Å². The van der Waals surface area contributed by atoms with Crippen molar-refractivity contribution in [3.63, 3.8) is 0 Å². The zero-order valence-corrected chi connectivity index (χ0v) is 13.4. The van der Waals surface area contributed by atoms with Crippen molar-refractivity contribution in [3.05, 3.63) is 29.8 Å². The van der Waals surface area contributed by atoms with Gasteiger partial charge in [0.2, 0.25) is 0 Å². The average Bonchev–Trinajstić information content (AvgIpc) is 2.54. The standard InChI is InChI=1S/C17H22F3NO3/c18-17(19,20)13-7-1-2-9-15(13)24-12-6-5-11-21-10-4-3-8-14(21)16(22)23/h1-2,7,9,14H,3-6,8,10-12H2,(H,22,23). The SMILES string of the molecule is O=C(O)C1CCCCN1CCCCOc1ccccc1C(F)(F)F. The lowest BCUT2D eigenvalue weighted by Gasteiger charge is -2.32. The summed E-state index contributed by atoms with van der Waals surface area (Å²) in [5.41, 5.74) is -0.771. The van der Waals surface area contributed by atoms with Crippen molar-refractivity contribution < 1.29 is 27.8 Å². The van der Waals surface area contributed by atoms with Crippen molar-refractivity contribution in [1.29, 1.82) is 0 Å². The van der Waals surface area contributed by atoms with Gasteiger partial charge in [-0.3, -0.25) is 9.69 Å². The molecule has 1 aromatic rings. The molecule has 1 saturated heterocycles. The molecule has 24 heavy (non-hydrogen) atoms. The number of carbonyl (C=O) groups is 1. The van der Waals surface area contributed by atoms with Crippen molar-refractivity contribution in [2.45, 2.75) is 44.3 Å². The fourth-order valence-corrected chi connectivity index (χ4v) is 2.96. The third-order valence-electron chi connectivity index (χ3n) is 4.19. The molecule has 0 bridgehead atoms. The molecule has 2 rings (SSSR count). The first-order valence-corrected chi connectivity index (χ1v) is 8.15. The monoisotopic (exact) mass is 345 g/mol. The van der Waals surface area contributed by atoms with Gasteiger partial charge in [0.1, 0.15) is 11.8 Å². The highest BCUT2D eigenvalue weighted by molar-refractivity contribution is 5.73. The number of piperidine rings is 1. The van der Waals surface area contributed by atoms with Gasteiger partial charge in [-0.2, -0.15) is 13.2 Å². The Labute approximate surface area is 139 Å². The lowest BCUT2D eigenvalue weighted by molar-refractivity contribution is -0.144. The predicted molar refractivity (Wildman–Crippen MR) is 83.0 cm³/mol. The van der Waals surface area contributed by atoms with Gasteiger partial charge in [0.25, 0.3) is 0 Å². The maximum Gasteiger partial charge on any atom is 0.419 e. The van der Waals surface area contributed by atoms with Gasteiger partial charge in [-0.15, -0.1) is 0 Å². The third kappa shape index (κ3) is 5.12. The molecule has 1 atom stereocenters. The van der Waals surface area contributed by atoms with Gasteiger partial charge in [0, 0.05) is 0 Å². The van der Waals surface area contributed by atoms with Gasteiger partial charge in [-0.25, -0.2) is 0 Å². The van der Waals surface area contributed by atoms with Crippen molar-refractivity contribution in [2.24, 2.45) is 0 Å². The molecule has 1 unspecified atom stereocenters. The van der Waals surface area contributed by atoms with Crippen LogP contribution in [0.4, 0.5) is 13.2 Å². The number of carboxylic acids is 1. The Bertz CT molecular complexity index is 548. The lowest BCUT2D eigenvalue weighted by atomic mass is 10.0. The second kappa shape index (κ2) is 8.37. The Kier molecular flexibility index (Phi) is 6.48. The Morgan fingerprint density at radius 2 is 2.00 bits per heavy atom. The Balaban J connectivity index is 1.77. The van der Waals surface area contributed by atoms with Crippen LogP contribution in [0.1, 0.15) is 37.7 Å². The highest BCUT2D eigenvalue weighted by atomic mass is 19.4. The number of rotatable bonds is 7. The van der Waals surface area contributed by atoms with E-state index in [2.05, 4.69) is 0 Å². The lowest BCUT2D eigenvalue weighted by Crippen LogP contribution is -2.45. The maximum absolute atomic E-state index is 12.8. The molecule has 0 spiro atoms. The minimum absolute atomic E-state index is 0.161. The quantitative estimate of drug-likeness (QED) is 0.764. The largest absolute Gasteiger partial charge is 0.493 e. The molecule has 0 saturated carbocycles. The second-order valence-electron chi connectivity index (χ2n) is 5.94. The highest BCUT2D eigenvalue weighted by Gasteiger charge is 2.34. The van der Waals surface area contributed by atoms with E-state index in [0.29, 0.717) is 25.8 Å². The summed E-state index contributed by atoms with van der Waals surface area (Å²) in [7, 11) is 0. The summed E-state index contributed by atoms with van der Waals surface area (Å²) in [6.07, 6.45) is -0.596. The van der Waals surface area contributed by atoms with E-state index in [1.165, 1.54) is 18.2 Å². The Morgan fingerprint density at radius 3 is 2.71 bits per heavy atom. The number of carboxylic acid groups (broad SMARTS) is 1. The molecule has 1 aliphatic rings. The summed E-state index contributed by atoms with van der Waals surface area (Å²) in [6, 6.07) is 4.72. The fourth-order valence-electron chi connectivity index (χ4n) is 2.96. The van der Waals surface area contributed by atoms with Gasteiger partial charge < -0.3 is 9.84 Å². The van der Waals surface area contributed by atoms with Crippen LogP contribution in [0.25, 0.3) is 0 Å². The number of aliphatic carboxylic acids is 1. The number of hydrogen-bond donors (Lipinski definition) is 1. The second-order valence-corrected chi connectivity index (χ2v) is 5.94. The van der Waals surface area contributed by atoms with Gasteiger partial charge >= 0.3 is 12.1 Å². The van der Waals surface area contributed by atoms with Crippen molar-refractivity contribution in [3.8, 4) is 5.75 Å². The van der Waals surface area contributed by atoms with Crippen molar-refractivity contribution >= 4 is 5.97 Å². The summed E-state index contributed by atoms with van der Waals surface area (Å²) in [4.78, 5) is 13.1. The van der Waals surface area contributed by atoms with E-state index >= 15 is 0 Å². The number of alkyl halides is 3. The molecular formula is C17H22F3NO3. The number of halogens is 3. The van der Waals surface area contributed by atoms with E-state index in [1.807, 2.05) is 4.90 Å². The molecule has 0 amide bonds. The number of para-hydroxylation sites is 1. The highest BCUT2D eigenvalue weighted by Crippen LogP contribution is 2.35. The first-order chi connectivity index (χ1) is 11.4. The first kappa shape index (κ1) is 18.6. The van der Waals surface area contributed by atoms with E-state index in [0.717, 1.165) is 25.5 Å². The van der Waals surface area contributed by atoms with Gasteiger partial charge in [0.05, 0.1) is 12.2 Å². The zero-order chi connectivity index (χ0) is 17.6. The molecule has 1 fully saturated rings. The zero-order valence-electron chi connectivity index (χ0n) is 13.4. The minimum atomic E-state index is -4.43. The molecule has 1 aromatic carbocycles. The van der Waals surface area contributed by atoms with Gasteiger partial charge in [-0.1, -0.05) is 18.6 Å². The van der Waals surface area contributed by atoms with E-state index in [-0.39, 0.29) is 12.4 Å². The van der Waals surface area contributed by atoms with Crippen LogP contribution in [-0.2, 0) is 11.0 Å². The van der Waals surface area contributed by atoms with Crippen LogP contribution in [0.15, 0.2) is 24.3 Å². The van der Waals surface area contributed by atoms with Gasteiger partial charge in [0.15, 0.2) is 0 Å². The van der Waals surface area contributed by atoms with Crippen LogP contribution < -0.4 is 4.74 Å². The summed E-state index contributed by atoms with van der Waals surface area (Å²) in [5, 5.41) is 9.19. The number of ether oxygens (including phenoxy) is 1. The summed E-state index contributed by atoms with van der Waals surface area (Å²) in [6.45, 7) is 1.56. The van der Waals surface area contributed by atoms with Gasteiger partial charge in [-0.05, 0) is 50.9 Å². The Morgan fingerprint density at radius 1 is 1.25 bits per heavy atom. The fraction of sp³-hybridized carbons (Fsp3) is 0.588. The molecular weight excluding hydrogens is 323 g/mol. The number of likely N-dealkylation sites (tertiary alicyclic amines) is 1. The number of unbranched alkanes of at least 4 members (excludes halogenated alkanes) is 1. The van der Waals surface area contributed by atoms with E-state index in [1.54, 1.807) is 0 Å². The summed E-state index contributed by atoms with van der Waals surface area (Å²) in [5.74, 6) is -0.962. The summed E-state index contributed by atoms with van der Waals surface area (Å²) >= 11 is 0. The Hall–Kier alpha value is -1.76. The molecule has 0 aliphatic carbocycles.